The summed E-state index contributed by atoms with van der Waals surface area (Å²) in [6, 6.07) is 3.55. The van der Waals surface area contributed by atoms with Gasteiger partial charge >= 0.3 is 10.2 Å². The minimum atomic E-state index is -3.87. The van der Waals surface area contributed by atoms with Crippen LogP contribution < -0.4 is 5.32 Å². The highest BCUT2D eigenvalue weighted by atomic mass is 32.2. The van der Waals surface area contributed by atoms with Gasteiger partial charge in [0.15, 0.2) is 0 Å². The highest BCUT2D eigenvalue weighted by Crippen LogP contribution is 2.21. The number of nitrogens with one attached hydrogen (secondary N) is 1. The van der Waals surface area contributed by atoms with Gasteiger partial charge in [0.05, 0.1) is 10.6 Å². The van der Waals surface area contributed by atoms with E-state index in [2.05, 4.69) is 9.71 Å². The fourth-order valence-corrected chi connectivity index (χ4v) is 3.36. The van der Waals surface area contributed by atoms with Gasteiger partial charge in [-0.3, -0.25) is 4.79 Å². The number of nitrogens with zero attached hydrogens (tertiary/aromatic N) is 2. The van der Waals surface area contributed by atoms with Crippen molar-refractivity contribution in [3.63, 3.8) is 0 Å². The Bertz CT molecular complexity index is 690. The van der Waals surface area contributed by atoms with Gasteiger partial charge in [-0.1, -0.05) is 13.0 Å². The van der Waals surface area contributed by atoms with Crippen molar-refractivity contribution in [1.29, 1.82) is 0 Å². The molecule has 6 nitrogen and oxygen atoms in total. The topological polar surface area (TPSA) is 78.8 Å². The van der Waals surface area contributed by atoms with Crippen LogP contribution in [0.2, 0.25) is 0 Å². The average molecular weight is 327 g/mol. The summed E-state index contributed by atoms with van der Waals surface area (Å²) in [7, 11) is -2.55. The summed E-state index contributed by atoms with van der Waals surface area (Å²) in [6.07, 6.45) is 2.27. The second kappa shape index (κ2) is 5.98. The predicted molar refractivity (Wildman–Crippen MR) is 83.5 cm³/mol. The van der Waals surface area contributed by atoms with Crippen LogP contribution in [0, 0.1) is 0 Å². The lowest BCUT2D eigenvalue weighted by atomic mass is 10.2. The molecule has 1 aliphatic heterocycles. The van der Waals surface area contributed by atoms with Gasteiger partial charge in [0.1, 0.15) is 5.70 Å². The number of rotatable bonds is 4. The number of hydrogen-bond donors (Lipinski definition) is 1. The maximum Gasteiger partial charge on any atom is 0.345 e. The number of allylic oxidation sites excluding steroid dienone is 1. The van der Waals surface area contributed by atoms with Gasteiger partial charge < -0.3 is 5.32 Å². The molecule has 0 aliphatic carbocycles. The highest BCUT2D eigenvalue weighted by Gasteiger charge is 2.30. The van der Waals surface area contributed by atoms with Crippen molar-refractivity contribution in [1.82, 2.24) is 9.62 Å². The number of carbonyl (C=O) groups is 1. The molecule has 0 aromatic carbocycles. The normalized spacial score (nSPS) is 18.7. The molecule has 21 heavy (non-hydrogen) atoms. The summed E-state index contributed by atoms with van der Waals surface area (Å²) >= 11 is 1.37. The van der Waals surface area contributed by atoms with E-state index in [9.17, 15) is 13.2 Å². The zero-order valence-electron chi connectivity index (χ0n) is 12.0. The molecular weight excluding hydrogens is 310 g/mol. The van der Waals surface area contributed by atoms with Crippen LogP contribution in [0.1, 0.15) is 25.1 Å². The van der Waals surface area contributed by atoms with Crippen molar-refractivity contribution in [2.75, 3.05) is 7.05 Å². The molecule has 0 bridgehead atoms. The summed E-state index contributed by atoms with van der Waals surface area (Å²) in [5, 5.41) is 4.60. The highest BCUT2D eigenvalue weighted by molar-refractivity contribution is 7.88. The van der Waals surface area contributed by atoms with Crippen molar-refractivity contribution in [3.05, 3.63) is 34.2 Å². The maximum absolute atomic E-state index is 12.2. The van der Waals surface area contributed by atoms with Gasteiger partial charge in [-0.2, -0.15) is 8.42 Å². The zero-order chi connectivity index (χ0) is 15.6. The van der Waals surface area contributed by atoms with Crippen molar-refractivity contribution in [3.8, 4) is 0 Å². The van der Waals surface area contributed by atoms with Crippen LogP contribution in [0.5, 0.6) is 0 Å². The van der Waals surface area contributed by atoms with Crippen molar-refractivity contribution >= 4 is 33.2 Å². The maximum atomic E-state index is 12.2. The quantitative estimate of drug-likeness (QED) is 0.911. The molecule has 8 heteroatoms. The summed E-state index contributed by atoms with van der Waals surface area (Å²) < 4.78 is 28.8. The molecule has 1 aromatic heterocycles. The second-order valence-corrected chi connectivity index (χ2v) is 7.29. The van der Waals surface area contributed by atoms with E-state index in [0.717, 1.165) is 10.7 Å². The van der Waals surface area contributed by atoms with Crippen LogP contribution in [-0.2, 0) is 15.0 Å². The molecule has 1 aromatic rings. The van der Waals surface area contributed by atoms with E-state index in [1.165, 1.54) is 24.5 Å². The minimum Gasteiger partial charge on any atom is -0.348 e. The third-order valence-electron chi connectivity index (χ3n) is 3.17. The van der Waals surface area contributed by atoms with Crippen LogP contribution in [0.15, 0.2) is 33.7 Å². The Morgan fingerprint density at radius 2 is 2.24 bits per heavy atom. The van der Waals surface area contributed by atoms with Crippen molar-refractivity contribution < 1.29 is 13.2 Å². The van der Waals surface area contributed by atoms with Crippen LogP contribution >= 0.6 is 11.3 Å². The van der Waals surface area contributed by atoms with E-state index < -0.39 is 16.1 Å². The van der Waals surface area contributed by atoms with Gasteiger partial charge in [-0.05, 0) is 30.9 Å². The van der Waals surface area contributed by atoms with Crippen LogP contribution in [0.4, 0.5) is 0 Å². The van der Waals surface area contributed by atoms with Crippen molar-refractivity contribution in [2.24, 2.45) is 4.40 Å². The third-order valence-corrected chi connectivity index (χ3v) is 5.38. The molecular formula is C13H17N3O3S2. The summed E-state index contributed by atoms with van der Waals surface area (Å²) in [5.41, 5.74) is 0.367. The number of hydrogen-bond acceptors (Lipinski definition) is 4. The minimum absolute atomic E-state index is 0.0291. The van der Waals surface area contributed by atoms with E-state index in [1.54, 1.807) is 12.1 Å². The predicted octanol–water partition coefficient (Wildman–Crippen LogP) is 1.53. The Balaban J connectivity index is 2.39. The third kappa shape index (κ3) is 3.33. The molecule has 0 saturated carbocycles. The molecule has 1 atom stereocenters. The fraction of sp³-hybridized carbons (Fsp3) is 0.385. The standard InChI is InChI=1S/C13H17N3O3S2/c1-4-9(2)14-13(17)11-8-10(12-6-5-7-20-12)15-21(18,19)16(11)3/h5-9H,4H2,1-3H3,(H,14,17)/t9-/m0/s1. The smallest absolute Gasteiger partial charge is 0.345 e. The molecule has 0 radical (unpaired) electrons. The lowest BCUT2D eigenvalue weighted by molar-refractivity contribution is -0.119. The lowest BCUT2D eigenvalue weighted by Crippen LogP contribution is -2.41. The summed E-state index contributed by atoms with van der Waals surface area (Å²) in [5.74, 6) is -0.417. The first-order valence-corrected chi connectivity index (χ1v) is 8.78. The Hall–Kier alpha value is -1.67. The van der Waals surface area contributed by atoms with Crippen molar-refractivity contribution in [2.45, 2.75) is 26.3 Å². The number of carbonyl (C=O) groups excluding carboxylic acids is 1. The van der Waals surface area contributed by atoms with E-state index in [1.807, 2.05) is 19.2 Å². The Labute approximate surface area is 128 Å². The van der Waals surface area contributed by atoms with Crippen LogP contribution in [0.25, 0.3) is 0 Å². The molecule has 0 spiro atoms. The Morgan fingerprint density at radius 1 is 1.52 bits per heavy atom. The molecule has 2 rings (SSSR count). The Morgan fingerprint density at radius 3 is 2.81 bits per heavy atom. The molecule has 1 aliphatic rings. The first-order chi connectivity index (χ1) is 9.85. The zero-order valence-corrected chi connectivity index (χ0v) is 13.7. The second-order valence-electron chi connectivity index (χ2n) is 4.71. The number of thiophene rings is 1. The molecule has 0 fully saturated rings. The van der Waals surface area contributed by atoms with Gasteiger partial charge in [0, 0.05) is 13.1 Å². The summed E-state index contributed by atoms with van der Waals surface area (Å²) in [6.45, 7) is 3.81. The Kier molecular flexibility index (Phi) is 4.48. The molecule has 1 amide bonds. The number of likely N-dealkylation sites (N-methyl/N-ethyl adjacent to an activating group) is 1. The largest absolute Gasteiger partial charge is 0.348 e. The van der Waals surface area contributed by atoms with E-state index in [-0.39, 0.29) is 17.5 Å². The fourth-order valence-electron chi connectivity index (χ4n) is 1.71. The molecule has 1 N–H and O–H groups in total. The number of amides is 1. The SMILES string of the molecule is CC[C@H](C)NC(=O)C1=CC(c2cccs2)=NS(=O)(=O)N1C. The summed E-state index contributed by atoms with van der Waals surface area (Å²) in [4.78, 5) is 13.0. The molecule has 114 valence electrons. The van der Waals surface area contributed by atoms with Crippen LogP contribution in [-0.4, -0.2) is 37.4 Å². The van der Waals surface area contributed by atoms with Gasteiger partial charge in [0.25, 0.3) is 5.91 Å². The van der Waals surface area contributed by atoms with Crippen LogP contribution in [0.3, 0.4) is 0 Å². The molecule has 2 heterocycles. The van der Waals surface area contributed by atoms with Gasteiger partial charge in [0.2, 0.25) is 0 Å². The van der Waals surface area contributed by atoms with E-state index >= 15 is 0 Å². The van der Waals surface area contributed by atoms with Gasteiger partial charge in [-0.15, -0.1) is 15.7 Å². The molecule has 0 unspecified atom stereocenters. The molecule has 0 saturated heterocycles. The first kappa shape index (κ1) is 15.7. The lowest BCUT2D eigenvalue weighted by Gasteiger charge is -2.24. The van der Waals surface area contributed by atoms with E-state index in [0.29, 0.717) is 4.88 Å². The monoisotopic (exact) mass is 327 g/mol. The average Bonchev–Trinajstić information content (AvgIpc) is 2.95. The van der Waals surface area contributed by atoms with Gasteiger partial charge in [-0.25, -0.2) is 4.31 Å². The van der Waals surface area contributed by atoms with E-state index in [4.69, 9.17) is 0 Å². The first-order valence-electron chi connectivity index (χ1n) is 6.50.